The Labute approximate surface area is 112 Å². The van der Waals surface area contributed by atoms with E-state index in [0.29, 0.717) is 5.75 Å². The molecule has 0 aliphatic carbocycles. The highest BCUT2D eigenvalue weighted by molar-refractivity contribution is 7.09. The Morgan fingerprint density at radius 1 is 1.28 bits per heavy atom. The van der Waals surface area contributed by atoms with Gasteiger partial charge in [0.2, 0.25) is 0 Å². The first-order valence-electron chi connectivity index (χ1n) is 6.05. The van der Waals surface area contributed by atoms with Crippen molar-refractivity contribution in [3.8, 4) is 5.75 Å². The van der Waals surface area contributed by atoms with E-state index >= 15 is 0 Å². The Morgan fingerprint density at radius 3 is 2.61 bits per heavy atom. The minimum absolute atomic E-state index is 0.404. The molecule has 0 unspecified atom stereocenters. The lowest BCUT2D eigenvalue weighted by Crippen LogP contribution is -2.16. The number of phenols is 1. The first kappa shape index (κ1) is 13.1. The summed E-state index contributed by atoms with van der Waals surface area (Å²) in [6, 6.07) is 4.05. The third kappa shape index (κ3) is 3.31. The van der Waals surface area contributed by atoms with Crippen LogP contribution in [0.1, 0.15) is 21.7 Å². The number of thiazole rings is 1. The fraction of sp³-hybridized carbons (Fsp3) is 0.357. The van der Waals surface area contributed by atoms with E-state index in [1.807, 2.05) is 37.6 Å². The van der Waals surface area contributed by atoms with Gasteiger partial charge in [0.1, 0.15) is 5.75 Å². The van der Waals surface area contributed by atoms with Crippen molar-refractivity contribution in [3.63, 3.8) is 0 Å². The van der Waals surface area contributed by atoms with E-state index < -0.39 is 0 Å². The number of benzene rings is 1. The van der Waals surface area contributed by atoms with Gasteiger partial charge in [-0.25, -0.2) is 4.98 Å². The van der Waals surface area contributed by atoms with Crippen LogP contribution in [0.15, 0.2) is 23.7 Å². The lowest BCUT2D eigenvalue weighted by Gasteiger charge is -2.08. The van der Waals surface area contributed by atoms with Crippen LogP contribution in [0.25, 0.3) is 0 Å². The number of hydrogen-bond donors (Lipinski definition) is 2. The molecule has 0 atom stereocenters. The van der Waals surface area contributed by atoms with E-state index in [9.17, 15) is 5.11 Å². The van der Waals surface area contributed by atoms with E-state index in [-0.39, 0.29) is 0 Å². The van der Waals surface area contributed by atoms with Crippen LogP contribution in [0, 0.1) is 13.8 Å². The molecule has 0 aliphatic rings. The van der Waals surface area contributed by atoms with Crippen molar-refractivity contribution in [1.82, 2.24) is 10.3 Å². The molecule has 0 spiro atoms. The Morgan fingerprint density at radius 2 is 2.00 bits per heavy atom. The molecule has 3 nitrogen and oxygen atoms in total. The van der Waals surface area contributed by atoms with E-state index in [1.54, 1.807) is 11.3 Å². The van der Waals surface area contributed by atoms with Crippen molar-refractivity contribution in [1.29, 1.82) is 0 Å². The Bertz CT molecular complexity index is 486. The van der Waals surface area contributed by atoms with Gasteiger partial charge < -0.3 is 10.4 Å². The number of nitrogens with zero attached hydrogens (tertiary/aromatic N) is 1. The van der Waals surface area contributed by atoms with Crippen molar-refractivity contribution in [2.45, 2.75) is 26.8 Å². The van der Waals surface area contributed by atoms with E-state index in [4.69, 9.17) is 0 Å². The predicted molar refractivity (Wildman–Crippen MR) is 75.1 cm³/mol. The molecule has 0 amide bonds. The molecule has 1 aromatic carbocycles. The number of aromatic nitrogens is 1. The van der Waals surface area contributed by atoms with Gasteiger partial charge in [-0.05, 0) is 30.5 Å². The van der Waals surface area contributed by atoms with Crippen LogP contribution in [0.2, 0.25) is 0 Å². The summed E-state index contributed by atoms with van der Waals surface area (Å²) in [7, 11) is 0. The van der Waals surface area contributed by atoms with Gasteiger partial charge in [0, 0.05) is 31.1 Å². The lowest BCUT2D eigenvalue weighted by molar-refractivity contribution is 0.466. The Hall–Kier alpha value is -1.39. The molecular weight excluding hydrogens is 244 g/mol. The van der Waals surface area contributed by atoms with E-state index in [2.05, 4.69) is 10.3 Å². The molecule has 0 fully saturated rings. The summed E-state index contributed by atoms with van der Waals surface area (Å²) >= 11 is 1.69. The third-order valence-electron chi connectivity index (χ3n) is 2.88. The van der Waals surface area contributed by atoms with Crippen LogP contribution in [-0.4, -0.2) is 16.6 Å². The number of phenolic OH excluding ortho intramolecular Hbond substituents is 1. The van der Waals surface area contributed by atoms with Crippen LogP contribution in [-0.2, 0) is 13.0 Å². The van der Waals surface area contributed by atoms with Crippen LogP contribution in [0.3, 0.4) is 0 Å². The molecule has 0 saturated heterocycles. The summed E-state index contributed by atoms with van der Waals surface area (Å²) in [6.45, 7) is 5.61. The summed E-state index contributed by atoms with van der Waals surface area (Å²) in [4.78, 5) is 4.25. The fourth-order valence-corrected chi connectivity index (χ4v) is 2.57. The van der Waals surface area contributed by atoms with Gasteiger partial charge in [-0.15, -0.1) is 11.3 Å². The molecule has 0 radical (unpaired) electrons. The van der Waals surface area contributed by atoms with Crippen molar-refractivity contribution in [2.24, 2.45) is 0 Å². The molecule has 2 rings (SSSR count). The maximum atomic E-state index is 9.70. The monoisotopic (exact) mass is 262 g/mol. The molecule has 2 N–H and O–H groups in total. The zero-order chi connectivity index (χ0) is 13.0. The Kier molecular flexibility index (Phi) is 4.33. The number of hydrogen-bond acceptors (Lipinski definition) is 4. The Balaban J connectivity index is 1.83. The molecule has 1 heterocycles. The fourth-order valence-electron chi connectivity index (χ4n) is 1.95. The molecule has 1 aromatic heterocycles. The highest BCUT2D eigenvalue weighted by Crippen LogP contribution is 2.22. The number of nitrogens with one attached hydrogen (secondary N) is 1. The minimum Gasteiger partial charge on any atom is -0.507 e. The van der Waals surface area contributed by atoms with Crippen molar-refractivity contribution in [3.05, 3.63) is 45.4 Å². The predicted octanol–water partition coefficient (Wildman–Crippen LogP) is 2.80. The zero-order valence-corrected chi connectivity index (χ0v) is 11.5. The molecule has 0 aliphatic heterocycles. The summed E-state index contributed by atoms with van der Waals surface area (Å²) in [5, 5.41) is 16.3. The summed E-state index contributed by atoms with van der Waals surface area (Å²) in [6.07, 6.45) is 2.81. The highest BCUT2D eigenvalue weighted by Gasteiger charge is 2.03. The van der Waals surface area contributed by atoms with Gasteiger partial charge in [0.15, 0.2) is 0 Å². The normalized spacial score (nSPS) is 10.8. The van der Waals surface area contributed by atoms with Gasteiger partial charge in [-0.1, -0.05) is 12.1 Å². The second-order valence-electron chi connectivity index (χ2n) is 4.43. The smallest absolute Gasteiger partial charge is 0.121 e. The first-order valence-corrected chi connectivity index (χ1v) is 6.93. The average molecular weight is 262 g/mol. The van der Waals surface area contributed by atoms with Gasteiger partial charge >= 0.3 is 0 Å². The summed E-state index contributed by atoms with van der Waals surface area (Å²) in [5.41, 5.74) is 3.08. The van der Waals surface area contributed by atoms with Crippen molar-refractivity contribution in [2.75, 3.05) is 6.54 Å². The van der Waals surface area contributed by atoms with Crippen LogP contribution >= 0.6 is 11.3 Å². The van der Waals surface area contributed by atoms with Gasteiger partial charge in [0.25, 0.3) is 0 Å². The maximum Gasteiger partial charge on any atom is 0.121 e. The second kappa shape index (κ2) is 5.98. The number of aryl methyl sites for hydroxylation is 2. The molecule has 0 bridgehead atoms. The molecule has 18 heavy (non-hydrogen) atoms. The molecule has 4 heteroatoms. The van der Waals surface area contributed by atoms with Gasteiger partial charge in [-0.2, -0.15) is 0 Å². The number of rotatable bonds is 5. The van der Waals surface area contributed by atoms with Crippen LogP contribution in [0.4, 0.5) is 0 Å². The van der Waals surface area contributed by atoms with Gasteiger partial charge in [-0.3, -0.25) is 0 Å². The quantitative estimate of drug-likeness (QED) is 0.814. The molecule has 2 aromatic rings. The van der Waals surface area contributed by atoms with E-state index in [1.165, 1.54) is 10.6 Å². The molecule has 0 saturated carbocycles. The summed E-state index contributed by atoms with van der Waals surface area (Å²) < 4.78 is 0. The molecule has 96 valence electrons. The first-order chi connectivity index (χ1) is 8.66. The van der Waals surface area contributed by atoms with Gasteiger partial charge in [0.05, 0.1) is 5.01 Å². The maximum absolute atomic E-state index is 9.70. The highest BCUT2D eigenvalue weighted by atomic mass is 32.1. The lowest BCUT2D eigenvalue weighted by atomic mass is 10.1. The average Bonchev–Trinajstić information content (AvgIpc) is 2.84. The van der Waals surface area contributed by atoms with Crippen molar-refractivity contribution < 1.29 is 5.11 Å². The van der Waals surface area contributed by atoms with Crippen LogP contribution < -0.4 is 5.32 Å². The van der Waals surface area contributed by atoms with Crippen LogP contribution in [0.5, 0.6) is 5.75 Å². The second-order valence-corrected chi connectivity index (χ2v) is 5.41. The summed E-state index contributed by atoms with van der Waals surface area (Å²) in [5.74, 6) is 0.404. The molecular formula is C14H18N2OS. The zero-order valence-electron chi connectivity index (χ0n) is 10.7. The standard InChI is InChI=1S/C14H18N2OS/c1-10-7-12(8-11(2)14(10)17)9-15-4-3-13-16-5-6-18-13/h5-8,15,17H,3-4,9H2,1-2H3. The topological polar surface area (TPSA) is 45.2 Å². The largest absolute Gasteiger partial charge is 0.507 e. The SMILES string of the molecule is Cc1cc(CNCCc2nccs2)cc(C)c1O. The minimum atomic E-state index is 0.404. The van der Waals surface area contributed by atoms with Crippen molar-refractivity contribution >= 4 is 11.3 Å². The number of aromatic hydroxyl groups is 1. The third-order valence-corrected chi connectivity index (χ3v) is 3.72. The van der Waals surface area contributed by atoms with E-state index in [0.717, 1.165) is 30.6 Å².